The normalized spacial score (nSPS) is 10.2. The maximum Gasteiger partial charge on any atom is 0.330 e. The summed E-state index contributed by atoms with van der Waals surface area (Å²) < 4.78 is 14.3. The smallest absolute Gasteiger partial charge is 0.330 e. The second kappa shape index (κ2) is 8.07. The summed E-state index contributed by atoms with van der Waals surface area (Å²) in [5.74, 6) is -1.75. The number of hydrogen-bond acceptors (Lipinski definition) is 6. The summed E-state index contributed by atoms with van der Waals surface area (Å²) in [4.78, 5) is 33.3. The second-order valence-electron chi connectivity index (χ2n) is 4.20. The van der Waals surface area contributed by atoms with E-state index in [9.17, 15) is 14.4 Å². The molecule has 0 unspecified atom stereocenters. The highest BCUT2D eigenvalue weighted by Gasteiger charge is 2.31. The number of ether oxygens (including phenoxy) is 3. The summed E-state index contributed by atoms with van der Waals surface area (Å²) in [6.45, 7) is 9.36. The van der Waals surface area contributed by atoms with Crippen molar-refractivity contribution in [2.24, 2.45) is 5.41 Å². The first-order valence-electron chi connectivity index (χ1n) is 5.59. The summed E-state index contributed by atoms with van der Waals surface area (Å²) in [7, 11) is 0. The zero-order valence-corrected chi connectivity index (χ0v) is 11.1. The molecule has 0 aromatic carbocycles. The van der Waals surface area contributed by atoms with Gasteiger partial charge in [-0.15, -0.1) is 0 Å². The van der Waals surface area contributed by atoms with Gasteiger partial charge in [0.25, 0.3) is 0 Å². The van der Waals surface area contributed by atoms with Crippen LogP contribution < -0.4 is 0 Å². The number of carbonyl (C=O) groups is 3. The van der Waals surface area contributed by atoms with Crippen molar-refractivity contribution in [2.75, 3.05) is 19.8 Å². The van der Waals surface area contributed by atoms with Crippen molar-refractivity contribution in [1.82, 2.24) is 0 Å². The van der Waals surface area contributed by atoms with Gasteiger partial charge in [-0.05, 0) is 13.8 Å². The van der Waals surface area contributed by atoms with Gasteiger partial charge >= 0.3 is 17.9 Å². The second-order valence-corrected chi connectivity index (χ2v) is 4.20. The molecule has 0 atom stereocenters. The molecule has 0 aromatic rings. The fourth-order valence-corrected chi connectivity index (χ4v) is 0.900. The minimum Gasteiger partial charge on any atom is -0.462 e. The summed E-state index contributed by atoms with van der Waals surface area (Å²) in [6.07, 6.45) is 2.02. The highest BCUT2D eigenvalue weighted by molar-refractivity contribution is 5.82. The van der Waals surface area contributed by atoms with Crippen LogP contribution in [0.15, 0.2) is 25.3 Å². The van der Waals surface area contributed by atoms with Crippen LogP contribution >= 0.6 is 0 Å². The molecule has 0 aliphatic heterocycles. The van der Waals surface area contributed by atoms with Gasteiger partial charge in [-0.3, -0.25) is 4.79 Å². The van der Waals surface area contributed by atoms with Crippen LogP contribution in [-0.2, 0) is 28.6 Å². The van der Waals surface area contributed by atoms with Gasteiger partial charge in [-0.2, -0.15) is 0 Å². The van der Waals surface area contributed by atoms with Crippen molar-refractivity contribution >= 4 is 17.9 Å². The first-order valence-corrected chi connectivity index (χ1v) is 5.59. The maximum absolute atomic E-state index is 11.7. The highest BCUT2D eigenvalue weighted by atomic mass is 16.6. The zero-order chi connectivity index (χ0) is 14.9. The molecule has 0 aliphatic rings. The van der Waals surface area contributed by atoms with Gasteiger partial charge in [0.15, 0.2) is 0 Å². The van der Waals surface area contributed by atoms with E-state index in [0.717, 1.165) is 12.2 Å². The number of esters is 3. The molecule has 0 N–H and O–H groups in total. The first kappa shape index (κ1) is 16.9. The molecule has 0 radical (unpaired) electrons. The Balaban J connectivity index is 4.03. The Morgan fingerprint density at radius 1 is 0.947 bits per heavy atom. The van der Waals surface area contributed by atoms with Gasteiger partial charge in [-0.25, -0.2) is 9.59 Å². The van der Waals surface area contributed by atoms with E-state index in [2.05, 4.69) is 17.9 Å². The highest BCUT2D eigenvalue weighted by Crippen LogP contribution is 2.17. The monoisotopic (exact) mass is 270 g/mol. The molecule has 0 rings (SSSR count). The van der Waals surface area contributed by atoms with E-state index in [1.807, 2.05) is 0 Å². The molecular formula is C13H18O6. The van der Waals surface area contributed by atoms with Crippen LogP contribution in [0, 0.1) is 5.41 Å². The van der Waals surface area contributed by atoms with Crippen molar-refractivity contribution in [3.63, 3.8) is 0 Å². The van der Waals surface area contributed by atoms with Crippen molar-refractivity contribution < 1.29 is 28.6 Å². The Hall–Kier alpha value is -2.11. The third kappa shape index (κ3) is 7.03. The SMILES string of the molecule is C=CC(=O)OCCOC(=O)C(C)(C)COC(=O)C=C. The summed E-state index contributed by atoms with van der Waals surface area (Å²) >= 11 is 0. The van der Waals surface area contributed by atoms with Gasteiger partial charge in [-0.1, -0.05) is 13.2 Å². The molecule has 19 heavy (non-hydrogen) atoms. The molecule has 0 heterocycles. The van der Waals surface area contributed by atoms with E-state index in [1.54, 1.807) is 13.8 Å². The lowest BCUT2D eigenvalue weighted by atomic mass is 9.95. The van der Waals surface area contributed by atoms with Crippen LogP contribution in [-0.4, -0.2) is 37.7 Å². The van der Waals surface area contributed by atoms with Gasteiger partial charge in [0.2, 0.25) is 0 Å². The quantitative estimate of drug-likeness (QED) is 0.283. The van der Waals surface area contributed by atoms with Crippen LogP contribution in [0.2, 0.25) is 0 Å². The van der Waals surface area contributed by atoms with E-state index in [1.165, 1.54) is 0 Å². The molecule has 0 saturated carbocycles. The number of rotatable bonds is 8. The van der Waals surface area contributed by atoms with E-state index in [-0.39, 0.29) is 19.8 Å². The molecule has 0 aromatic heterocycles. The molecule has 6 nitrogen and oxygen atoms in total. The molecule has 0 saturated heterocycles. The van der Waals surface area contributed by atoms with E-state index < -0.39 is 23.3 Å². The molecule has 0 aliphatic carbocycles. The zero-order valence-electron chi connectivity index (χ0n) is 11.1. The molecule has 0 bridgehead atoms. The summed E-state index contributed by atoms with van der Waals surface area (Å²) in [5.41, 5.74) is -0.985. The minimum atomic E-state index is -0.985. The van der Waals surface area contributed by atoms with Crippen molar-refractivity contribution in [3.05, 3.63) is 25.3 Å². The van der Waals surface area contributed by atoms with Gasteiger partial charge in [0.1, 0.15) is 19.8 Å². The van der Waals surface area contributed by atoms with Crippen LogP contribution in [0.3, 0.4) is 0 Å². The van der Waals surface area contributed by atoms with E-state index in [0.29, 0.717) is 0 Å². The number of carbonyl (C=O) groups excluding carboxylic acids is 3. The largest absolute Gasteiger partial charge is 0.462 e. The lowest BCUT2D eigenvalue weighted by molar-refractivity contribution is -0.162. The Morgan fingerprint density at radius 2 is 1.42 bits per heavy atom. The average molecular weight is 270 g/mol. The van der Waals surface area contributed by atoms with Crippen molar-refractivity contribution in [2.45, 2.75) is 13.8 Å². The van der Waals surface area contributed by atoms with Crippen LogP contribution in [0.4, 0.5) is 0 Å². The Morgan fingerprint density at radius 3 is 1.95 bits per heavy atom. The summed E-state index contributed by atoms with van der Waals surface area (Å²) in [6, 6.07) is 0. The third-order valence-corrected chi connectivity index (χ3v) is 2.02. The average Bonchev–Trinajstić information content (AvgIpc) is 2.40. The lowest BCUT2D eigenvalue weighted by Crippen LogP contribution is -2.33. The maximum atomic E-state index is 11.7. The predicted molar refractivity (Wildman–Crippen MR) is 67.1 cm³/mol. The fraction of sp³-hybridized carbons (Fsp3) is 0.462. The Bertz CT molecular complexity index is 369. The molecule has 0 amide bonds. The Labute approximate surface area is 112 Å². The third-order valence-electron chi connectivity index (χ3n) is 2.02. The van der Waals surface area contributed by atoms with Crippen LogP contribution in [0.1, 0.15) is 13.8 Å². The number of hydrogen-bond donors (Lipinski definition) is 0. The lowest BCUT2D eigenvalue weighted by Gasteiger charge is -2.21. The topological polar surface area (TPSA) is 78.9 Å². The molecular weight excluding hydrogens is 252 g/mol. The van der Waals surface area contributed by atoms with Gasteiger partial charge in [0.05, 0.1) is 5.41 Å². The first-order chi connectivity index (χ1) is 8.83. The van der Waals surface area contributed by atoms with Gasteiger partial charge < -0.3 is 14.2 Å². The molecule has 0 spiro atoms. The standard InChI is InChI=1S/C13H18O6/c1-5-10(14)17-7-8-18-12(16)13(3,4)9-19-11(15)6-2/h5-6H,1-2,7-9H2,3-4H3. The van der Waals surface area contributed by atoms with Crippen LogP contribution in [0.25, 0.3) is 0 Å². The predicted octanol–water partition coefficient (Wildman–Crippen LogP) is 1.01. The Kier molecular flexibility index (Phi) is 7.18. The van der Waals surface area contributed by atoms with Crippen LogP contribution in [0.5, 0.6) is 0 Å². The fourth-order valence-electron chi connectivity index (χ4n) is 0.900. The van der Waals surface area contributed by atoms with E-state index in [4.69, 9.17) is 9.47 Å². The molecule has 106 valence electrons. The minimum absolute atomic E-state index is 0.0564. The molecule has 6 heteroatoms. The van der Waals surface area contributed by atoms with Crippen molar-refractivity contribution in [1.29, 1.82) is 0 Å². The van der Waals surface area contributed by atoms with Gasteiger partial charge in [0, 0.05) is 12.2 Å². The molecule has 0 fully saturated rings. The summed E-state index contributed by atoms with van der Waals surface area (Å²) in [5, 5.41) is 0. The van der Waals surface area contributed by atoms with Crippen molar-refractivity contribution in [3.8, 4) is 0 Å². The van der Waals surface area contributed by atoms with E-state index >= 15 is 0 Å².